The Balaban J connectivity index is 1.98. The molecule has 7 nitrogen and oxygen atoms in total. The highest BCUT2D eigenvalue weighted by molar-refractivity contribution is 7.18. The van der Waals surface area contributed by atoms with Gasteiger partial charge in [-0.2, -0.15) is 0 Å². The average Bonchev–Trinajstić information content (AvgIpc) is 3.24. The zero-order valence-corrected chi connectivity index (χ0v) is 18.3. The van der Waals surface area contributed by atoms with Gasteiger partial charge in [-0.05, 0) is 24.5 Å². The number of likely N-dealkylation sites (tertiary alicyclic amines) is 1. The molecule has 0 spiro atoms. The zero-order valence-electron chi connectivity index (χ0n) is 17.5. The summed E-state index contributed by atoms with van der Waals surface area (Å²) in [7, 11) is 2.96. The van der Waals surface area contributed by atoms with Crippen molar-refractivity contribution in [2.24, 2.45) is 0 Å². The fourth-order valence-corrected chi connectivity index (χ4v) is 4.81. The van der Waals surface area contributed by atoms with E-state index in [1.807, 2.05) is 43.3 Å². The normalized spacial score (nSPS) is 14.3. The highest BCUT2D eigenvalue weighted by atomic mass is 32.1. The number of carbonyl (C=O) groups is 3. The van der Waals surface area contributed by atoms with E-state index in [1.54, 1.807) is 16.8 Å². The molecule has 1 aromatic carbocycles. The van der Waals surface area contributed by atoms with Gasteiger partial charge in [0.15, 0.2) is 0 Å². The molecule has 2 heterocycles. The number of amides is 3. The summed E-state index contributed by atoms with van der Waals surface area (Å²) in [6, 6.07) is 11.5. The summed E-state index contributed by atoms with van der Waals surface area (Å²) in [5.74, 6) is -0.496. The fraction of sp³-hybridized carbons (Fsp3) is 0.409. The number of nitrogens with one attached hydrogen (secondary N) is 1. The smallest absolute Gasteiger partial charge is 0.350 e. The number of thiophene rings is 1. The summed E-state index contributed by atoms with van der Waals surface area (Å²) in [5.41, 5.74) is 1.58. The number of hydrogen-bond acceptors (Lipinski definition) is 5. The summed E-state index contributed by atoms with van der Waals surface area (Å²) in [6.45, 7) is 2.93. The van der Waals surface area contributed by atoms with Crippen LogP contribution >= 0.6 is 11.3 Å². The lowest BCUT2D eigenvalue weighted by molar-refractivity contribution is -0.119. The number of ether oxygens (including phenoxy) is 1. The molecule has 1 N–H and O–H groups in total. The van der Waals surface area contributed by atoms with Crippen molar-refractivity contribution >= 4 is 34.9 Å². The molecule has 0 bridgehead atoms. The van der Waals surface area contributed by atoms with Crippen LogP contribution in [0.5, 0.6) is 0 Å². The van der Waals surface area contributed by atoms with Crippen LogP contribution in [0, 0.1) is 0 Å². The molecule has 0 aliphatic carbocycles. The van der Waals surface area contributed by atoms with Crippen molar-refractivity contribution in [1.29, 1.82) is 0 Å². The summed E-state index contributed by atoms with van der Waals surface area (Å²) >= 11 is 1.33. The number of hydrogen-bond donors (Lipinski definition) is 1. The molecule has 1 fully saturated rings. The Kier molecular flexibility index (Phi) is 7.10. The molecule has 8 heteroatoms. The molecule has 0 saturated carbocycles. The van der Waals surface area contributed by atoms with Gasteiger partial charge in [-0.3, -0.25) is 4.79 Å². The third kappa shape index (κ3) is 4.48. The SMILES string of the molecule is CCC(=O)N(c1cc(-c2ccccc2)sc1C(=O)OC)C1CCN(C(=O)NC)CC1. The van der Waals surface area contributed by atoms with Gasteiger partial charge in [-0.25, -0.2) is 9.59 Å². The Labute approximate surface area is 180 Å². The third-order valence-electron chi connectivity index (χ3n) is 5.30. The van der Waals surface area contributed by atoms with E-state index in [4.69, 9.17) is 4.74 Å². The van der Waals surface area contributed by atoms with Crippen LogP contribution < -0.4 is 10.2 Å². The number of anilines is 1. The van der Waals surface area contributed by atoms with E-state index in [1.165, 1.54) is 18.4 Å². The minimum absolute atomic E-state index is 0.0454. The second-order valence-corrected chi connectivity index (χ2v) is 8.13. The molecule has 1 saturated heterocycles. The summed E-state index contributed by atoms with van der Waals surface area (Å²) in [4.78, 5) is 42.3. The third-order valence-corrected chi connectivity index (χ3v) is 6.46. The molecule has 0 unspecified atom stereocenters. The first-order chi connectivity index (χ1) is 14.5. The number of piperidine rings is 1. The van der Waals surface area contributed by atoms with E-state index in [0.717, 1.165) is 10.4 Å². The summed E-state index contributed by atoms with van der Waals surface area (Å²) in [6.07, 6.45) is 1.62. The van der Waals surface area contributed by atoms with Crippen LogP contribution in [-0.2, 0) is 9.53 Å². The quantitative estimate of drug-likeness (QED) is 0.735. The van der Waals surface area contributed by atoms with Crippen LogP contribution in [0.4, 0.5) is 10.5 Å². The van der Waals surface area contributed by atoms with E-state index in [2.05, 4.69) is 5.32 Å². The van der Waals surface area contributed by atoms with Gasteiger partial charge < -0.3 is 19.9 Å². The van der Waals surface area contributed by atoms with Crippen molar-refractivity contribution in [2.75, 3.05) is 32.1 Å². The molecule has 160 valence electrons. The minimum atomic E-state index is -0.450. The lowest BCUT2D eigenvalue weighted by atomic mass is 10.0. The molecule has 0 atom stereocenters. The van der Waals surface area contributed by atoms with Gasteiger partial charge in [0.2, 0.25) is 5.91 Å². The van der Waals surface area contributed by atoms with Gasteiger partial charge in [-0.15, -0.1) is 11.3 Å². The van der Waals surface area contributed by atoms with E-state index in [-0.39, 0.29) is 18.0 Å². The first-order valence-electron chi connectivity index (χ1n) is 10.1. The van der Waals surface area contributed by atoms with Crippen molar-refractivity contribution < 1.29 is 19.1 Å². The Morgan fingerprint density at radius 1 is 1.20 bits per heavy atom. The van der Waals surface area contributed by atoms with E-state index >= 15 is 0 Å². The van der Waals surface area contributed by atoms with Crippen molar-refractivity contribution in [3.05, 3.63) is 41.3 Å². The van der Waals surface area contributed by atoms with Crippen LogP contribution in [-0.4, -0.2) is 56.1 Å². The van der Waals surface area contributed by atoms with Crippen LogP contribution in [0.2, 0.25) is 0 Å². The maximum absolute atomic E-state index is 13.0. The van der Waals surface area contributed by atoms with Crippen molar-refractivity contribution in [2.45, 2.75) is 32.2 Å². The monoisotopic (exact) mass is 429 g/mol. The van der Waals surface area contributed by atoms with Gasteiger partial charge >= 0.3 is 12.0 Å². The first kappa shape index (κ1) is 21.8. The molecule has 30 heavy (non-hydrogen) atoms. The Bertz CT molecular complexity index is 904. The average molecular weight is 430 g/mol. The second kappa shape index (κ2) is 9.75. The lowest BCUT2D eigenvalue weighted by Crippen LogP contribution is -2.50. The molecule has 1 aliphatic rings. The molecule has 0 radical (unpaired) electrons. The van der Waals surface area contributed by atoms with Gasteiger partial charge in [0.25, 0.3) is 0 Å². The number of rotatable bonds is 5. The van der Waals surface area contributed by atoms with Crippen LogP contribution in [0.15, 0.2) is 36.4 Å². The van der Waals surface area contributed by atoms with Gasteiger partial charge in [-0.1, -0.05) is 37.3 Å². The van der Waals surface area contributed by atoms with E-state index in [0.29, 0.717) is 42.9 Å². The number of methoxy groups -OCH3 is 1. The van der Waals surface area contributed by atoms with Crippen molar-refractivity contribution in [3.63, 3.8) is 0 Å². The second-order valence-electron chi connectivity index (χ2n) is 7.07. The van der Waals surface area contributed by atoms with Crippen LogP contribution in [0.1, 0.15) is 35.9 Å². The molecule has 3 amide bonds. The Morgan fingerprint density at radius 3 is 2.43 bits per heavy atom. The lowest BCUT2D eigenvalue weighted by Gasteiger charge is -2.38. The predicted molar refractivity (Wildman–Crippen MR) is 118 cm³/mol. The first-order valence-corrected chi connectivity index (χ1v) is 10.9. The number of nitrogens with zero attached hydrogens (tertiary/aromatic N) is 2. The fourth-order valence-electron chi connectivity index (χ4n) is 3.73. The van der Waals surface area contributed by atoms with Gasteiger partial charge in [0.05, 0.1) is 12.8 Å². The Morgan fingerprint density at radius 2 is 1.87 bits per heavy atom. The maximum atomic E-state index is 13.0. The van der Waals surface area contributed by atoms with E-state index < -0.39 is 5.97 Å². The molecule has 2 aromatic rings. The standard InChI is InChI=1S/C22H27N3O4S/c1-4-19(26)25(16-10-12-24(13-11-16)22(28)23-2)17-14-18(15-8-6-5-7-9-15)30-20(17)21(27)29-3/h5-9,14,16H,4,10-13H2,1-3H3,(H,23,28). The van der Waals surface area contributed by atoms with Gasteiger partial charge in [0.1, 0.15) is 4.88 Å². The van der Waals surface area contributed by atoms with Crippen molar-refractivity contribution in [3.8, 4) is 10.4 Å². The van der Waals surface area contributed by atoms with E-state index in [9.17, 15) is 14.4 Å². The summed E-state index contributed by atoms with van der Waals surface area (Å²) < 4.78 is 5.01. The molecule has 3 rings (SSSR count). The number of urea groups is 1. The topological polar surface area (TPSA) is 79.0 Å². The van der Waals surface area contributed by atoms with Crippen LogP contribution in [0.3, 0.4) is 0 Å². The number of carbonyl (C=O) groups excluding carboxylic acids is 3. The summed E-state index contributed by atoms with van der Waals surface area (Å²) in [5, 5.41) is 2.64. The minimum Gasteiger partial charge on any atom is -0.465 e. The molecule has 1 aromatic heterocycles. The van der Waals surface area contributed by atoms with Crippen molar-refractivity contribution in [1.82, 2.24) is 10.2 Å². The van der Waals surface area contributed by atoms with Gasteiger partial charge in [0, 0.05) is 37.5 Å². The molecule has 1 aliphatic heterocycles. The Hall–Kier alpha value is -2.87. The number of benzene rings is 1. The van der Waals surface area contributed by atoms with Crippen LogP contribution in [0.25, 0.3) is 10.4 Å². The highest BCUT2D eigenvalue weighted by Crippen LogP contribution is 2.39. The highest BCUT2D eigenvalue weighted by Gasteiger charge is 2.33. The predicted octanol–water partition coefficient (Wildman–Crippen LogP) is 3.75. The molecular weight excluding hydrogens is 402 g/mol. The largest absolute Gasteiger partial charge is 0.465 e. The maximum Gasteiger partial charge on any atom is 0.350 e. The zero-order chi connectivity index (χ0) is 21.7. The number of esters is 1. The molecular formula is C22H27N3O4S.